The van der Waals surface area contributed by atoms with Crippen LogP contribution < -0.4 is 0 Å². The second-order valence-electron chi connectivity index (χ2n) is 16.4. The summed E-state index contributed by atoms with van der Waals surface area (Å²) >= 11 is 0. The lowest BCUT2D eigenvalue weighted by molar-refractivity contribution is -0.138. The van der Waals surface area contributed by atoms with Gasteiger partial charge in [-0.2, -0.15) is 0 Å². The molecule has 0 aliphatic heterocycles. The molecule has 0 radical (unpaired) electrons. The molecule has 4 nitrogen and oxygen atoms in total. The fourth-order valence-corrected chi connectivity index (χ4v) is 8.46. The fourth-order valence-electron chi connectivity index (χ4n) is 8.46. The lowest BCUT2D eigenvalue weighted by Crippen LogP contribution is -2.15. The lowest BCUT2D eigenvalue weighted by atomic mass is 9.80. The van der Waals surface area contributed by atoms with E-state index in [9.17, 15) is 9.59 Å². The monoisotopic (exact) mass is 722 g/mol. The number of carbonyl (C=O) groups is 2. The van der Waals surface area contributed by atoms with Gasteiger partial charge in [0.1, 0.15) is 0 Å². The largest absolute Gasteiger partial charge is 0.462 e. The van der Waals surface area contributed by atoms with Gasteiger partial charge in [0.2, 0.25) is 0 Å². The molecule has 55 heavy (non-hydrogen) atoms. The van der Waals surface area contributed by atoms with Crippen LogP contribution in [-0.4, -0.2) is 25.2 Å². The Hall–Kier alpha value is -6.00. The van der Waals surface area contributed by atoms with Crippen LogP contribution in [0.4, 0.5) is 0 Å². The third-order valence-electron chi connectivity index (χ3n) is 11.4. The average molecular weight is 723 g/mol. The predicted octanol–water partition coefficient (Wildman–Crippen LogP) is 12.1. The van der Waals surface area contributed by atoms with E-state index in [4.69, 9.17) is 9.47 Å². The van der Waals surface area contributed by atoms with E-state index in [1.54, 1.807) is 0 Å². The molecule has 1 aliphatic carbocycles. The van der Waals surface area contributed by atoms with E-state index < -0.39 is 11.9 Å². The lowest BCUT2D eigenvalue weighted by Gasteiger charge is -2.23. The molecule has 1 aliphatic rings. The molecule has 0 atom stereocenters. The number of hydrogen-bond donors (Lipinski definition) is 0. The quantitative estimate of drug-likeness (QED) is 0.0801. The van der Waals surface area contributed by atoms with Crippen molar-refractivity contribution in [3.63, 3.8) is 0 Å². The van der Waals surface area contributed by atoms with Crippen molar-refractivity contribution in [1.82, 2.24) is 0 Å². The molecule has 7 aromatic rings. The summed E-state index contributed by atoms with van der Waals surface area (Å²) in [6.45, 7) is 19.0. The highest BCUT2D eigenvalue weighted by Crippen LogP contribution is 2.51. The Morgan fingerprint density at radius 2 is 1.09 bits per heavy atom. The van der Waals surface area contributed by atoms with E-state index in [0.29, 0.717) is 12.8 Å². The Labute approximate surface area is 323 Å². The van der Waals surface area contributed by atoms with E-state index in [2.05, 4.69) is 151 Å². The van der Waals surface area contributed by atoms with Gasteiger partial charge in [0.05, 0.1) is 13.2 Å². The van der Waals surface area contributed by atoms with Crippen LogP contribution in [0.15, 0.2) is 128 Å². The van der Waals surface area contributed by atoms with E-state index in [-0.39, 0.29) is 24.0 Å². The van der Waals surface area contributed by atoms with Crippen molar-refractivity contribution in [1.29, 1.82) is 0 Å². The summed E-state index contributed by atoms with van der Waals surface area (Å²) in [5.74, 6) is -0.879. The fraction of sp³-hybridized carbons (Fsp3) is 0.216. The SMILES string of the molecule is C=CC(=O)OCCc1cc(CCOC(=O)C=C)cc(-c2ccc3c(c2)C(C)(C)c2cc(-c4ccc5ccc6cc(C(C)(C)C)cc7ccc4c5c67)ccc2-3)c1. The zero-order chi connectivity index (χ0) is 38.6. The highest BCUT2D eigenvalue weighted by Gasteiger charge is 2.36. The Morgan fingerprint density at radius 1 is 0.582 bits per heavy atom. The molecule has 0 aromatic heterocycles. The van der Waals surface area contributed by atoms with Gasteiger partial charge in [-0.1, -0.05) is 139 Å². The first-order valence-electron chi connectivity index (χ1n) is 19.1. The van der Waals surface area contributed by atoms with E-state index in [0.717, 1.165) is 22.3 Å². The zero-order valence-corrected chi connectivity index (χ0v) is 32.3. The molecule has 0 saturated carbocycles. The van der Waals surface area contributed by atoms with Crippen LogP contribution in [-0.2, 0) is 42.7 Å². The number of esters is 2. The summed E-state index contributed by atoms with van der Waals surface area (Å²) in [6.07, 6.45) is 3.46. The first-order valence-corrected chi connectivity index (χ1v) is 19.1. The molecule has 0 spiro atoms. The molecule has 0 unspecified atom stereocenters. The molecule has 0 amide bonds. The number of fused-ring (bicyclic) bond motifs is 3. The van der Waals surface area contributed by atoms with Gasteiger partial charge in [-0.25, -0.2) is 9.59 Å². The van der Waals surface area contributed by atoms with E-state index in [1.807, 2.05) is 0 Å². The first-order chi connectivity index (χ1) is 26.3. The third kappa shape index (κ3) is 6.50. The Bertz CT molecular complexity index is 2620. The number of hydrogen-bond acceptors (Lipinski definition) is 4. The van der Waals surface area contributed by atoms with Crippen molar-refractivity contribution in [2.24, 2.45) is 0 Å². The van der Waals surface area contributed by atoms with Gasteiger partial charge in [0.15, 0.2) is 0 Å². The molecular formula is C51H46O4. The molecule has 7 aromatic carbocycles. The molecule has 0 bridgehead atoms. The van der Waals surface area contributed by atoms with Gasteiger partial charge in [0.25, 0.3) is 0 Å². The summed E-state index contributed by atoms with van der Waals surface area (Å²) in [4.78, 5) is 23.5. The molecule has 0 heterocycles. The van der Waals surface area contributed by atoms with Gasteiger partial charge >= 0.3 is 11.9 Å². The van der Waals surface area contributed by atoms with Crippen molar-refractivity contribution < 1.29 is 19.1 Å². The Balaban J connectivity index is 1.16. The summed E-state index contributed by atoms with van der Waals surface area (Å²) in [6, 6.07) is 38.7. The molecule has 274 valence electrons. The van der Waals surface area contributed by atoms with Crippen LogP contribution >= 0.6 is 0 Å². The topological polar surface area (TPSA) is 52.6 Å². The number of carbonyl (C=O) groups excluding carboxylic acids is 2. The summed E-state index contributed by atoms with van der Waals surface area (Å²) in [5, 5.41) is 7.82. The second-order valence-corrected chi connectivity index (χ2v) is 16.4. The van der Waals surface area contributed by atoms with Crippen LogP contribution in [0.25, 0.3) is 65.7 Å². The van der Waals surface area contributed by atoms with Crippen molar-refractivity contribution >= 4 is 44.3 Å². The highest BCUT2D eigenvalue weighted by atomic mass is 16.5. The molecule has 0 N–H and O–H groups in total. The zero-order valence-electron chi connectivity index (χ0n) is 32.3. The van der Waals surface area contributed by atoms with Gasteiger partial charge in [-0.3, -0.25) is 0 Å². The van der Waals surface area contributed by atoms with Crippen LogP contribution in [0.3, 0.4) is 0 Å². The molecule has 0 saturated heterocycles. The molecule has 8 rings (SSSR count). The van der Waals surface area contributed by atoms with Gasteiger partial charge in [-0.05, 0) is 111 Å². The van der Waals surface area contributed by atoms with Crippen molar-refractivity contribution in [2.45, 2.75) is 58.3 Å². The number of rotatable bonds is 10. The van der Waals surface area contributed by atoms with E-state index in [1.165, 1.54) is 83.4 Å². The smallest absolute Gasteiger partial charge is 0.330 e. The standard InChI is InChI=1S/C51H46O4/c1-8-46(52)54-22-20-31-24-32(21-23-55-47(53)9-2)26-38(25-31)34-13-17-41-42-18-14-35(30-45(42)51(6,7)44(41)29-34)40-16-12-33-10-11-36-27-39(50(3,4)5)28-37-15-19-43(40)49(33)48(36)37/h8-19,24-30H,1-2,20-23H2,3-7H3. The number of ether oxygens (including phenoxy) is 2. The van der Waals surface area contributed by atoms with E-state index >= 15 is 0 Å². The highest BCUT2D eigenvalue weighted by molar-refractivity contribution is 6.25. The second kappa shape index (κ2) is 13.7. The van der Waals surface area contributed by atoms with Gasteiger partial charge in [-0.15, -0.1) is 0 Å². The summed E-state index contributed by atoms with van der Waals surface area (Å²) in [7, 11) is 0. The first kappa shape index (κ1) is 36.0. The Kier molecular flexibility index (Phi) is 8.96. The predicted molar refractivity (Wildman–Crippen MR) is 227 cm³/mol. The van der Waals surface area contributed by atoms with Crippen molar-refractivity contribution in [3.05, 3.63) is 156 Å². The molecular weight excluding hydrogens is 677 g/mol. The van der Waals surface area contributed by atoms with Gasteiger partial charge < -0.3 is 9.47 Å². The number of benzene rings is 7. The van der Waals surface area contributed by atoms with Crippen molar-refractivity contribution in [3.8, 4) is 33.4 Å². The summed E-state index contributed by atoms with van der Waals surface area (Å²) < 4.78 is 10.6. The van der Waals surface area contributed by atoms with Crippen LogP contribution in [0.1, 0.15) is 62.4 Å². The van der Waals surface area contributed by atoms with Crippen LogP contribution in [0, 0.1) is 0 Å². The van der Waals surface area contributed by atoms with Gasteiger partial charge in [0, 0.05) is 30.4 Å². The molecule has 4 heteroatoms. The minimum Gasteiger partial charge on any atom is -0.462 e. The Morgan fingerprint density at radius 3 is 1.67 bits per heavy atom. The third-order valence-corrected chi connectivity index (χ3v) is 11.4. The minimum atomic E-state index is -0.440. The maximum absolute atomic E-state index is 11.7. The maximum atomic E-state index is 11.7. The average Bonchev–Trinajstić information content (AvgIpc) is 3.40. The van der Waals surface area contributed by atoms with Crippen molar-refractivity contribution in [2.75, 3.05) is 13.2 Å². The van der Waals surface area contributed by atoms with Crippen LogP contribution in [0.5, 0.6) is 0 Å². The van der Waals surface area contributed by atoms with Crippen LogP contribution in [0.2, 0.25) is 0 Å². The molecule has 0 fully saturated rings. The normalized spacial score (nSPS) is 13.2. The minimum absolute atomic E-state index is 0.0742. The maximum Gasteiger partial charge on any atom is 0.330 e. The summed E-state index contributed by atoms with van der Waals surface area (Å²) in [5.41, 5.74) is 13.0.